The number of benzene rings is 2. The van der Waals surface area contributed by atoms with Crippen molar-refractivity contribution in [3.05, 3.63) is 64.4 Å². The highest BCUT2D eigenvalue weighted by molar-refractivity contribution is 7.92. The standard InChI is InChI=1S/C18H19ClFNO4S/c1-11(2)26(24,25)13-8-6-12(7-9-13)18(23)21-16(10-22)14-4-3-5-15(19)17(14)20/h3-9,11,16,22H,10H2,1-2H3,(H,21,23)/t16-/m1/s1. The summed E-state index contributed by atoms with van der Waals surface area (Å²) in [5.74, 6) is -1.29. The largest absolute Gasteiger partial charge is 0.394 e. The molecule has 2 aromatic carbocycles. The highest BCUT2D eigenvalue weighted by Crippen LogP contribution is 2.24. The van der Waals surface area contributed by atoms with Crippen LogP contribution in [-0.4, -0.2) is 31.3 Å². The van der Waals surface area contributed by atoms with E-state index in [0.29, 0.717) is 0 Å². The molecule has 1 atom stereocenters. The van der Waals surface area contributed by atoms with Gasteiger partial charge < -0.3 is 10.4 Å². The minimum absolute atomic E-state index is 0.0624. The van der Waals surface area contributed by atoms with Crippen molar-refractivity contribution in [1.82, 2.24) is 5.32 Å². The summed E-state index contributed by atoms with van der Waals surface area (Å²) < 4.78 is 38.3. The van der Waals surface area contributed by atoms with E-state index in [9.17, 15) is 22.7 Å². The molecule has 2 aromatic rings. The van der Waals surface area contributed by atoms with E-state index in [1.807, 2.05) is 0 Å². The van der Waals surface area contributed by atoms with Gasteiger partial charge in [0.05, 0.1) is 27.8 Å². The van der Waals surface area contributed by atoms with Crippen LogP contribution in [0.3, 0.4) is 0 Å². The predicted octanol–water partition coefficient (Wildman–Crippen LogP) is 3.12. The fourth-order valence-corrected chi connectivity index (χ4v) is 3.56. The number of aliphatic hydroxyl groups is 1. The number of rotatable bonds is 6. The molecule has 0 fully saturated rings. The summed E-state index contributed by atoms with van der Waals surface area (Å²) in [7, 11) is -3.44. The van der Waals surface area contributed by atoms with Gasteiger partial charge in [-0.15, -0.1) is 0 Å². The SMILES string of the molecule is CC(C)S(=O)(=O)c1ccc(C(=O)N[C@H](CO)c2cccc(Cl)c2F)cc1. The van der Waals surface area contributed by atoms with E-state index in [4.69, 9.17) is 11.6 Å². The van der Waals surface area contributed by atoms with E-state index in [1.165, 1.54) is 42.5 Å². The van der Waals surface area contributed by atoms with Crippen molar-refractivity contribution in [2.24, 2.45) is 0 Å². The zero-order valence-corrected chi connectivity index (χ0v) is 15.8. The lowest BCUT2D eigenvalue weighted by Gasteiger charge is -2.18. The smallest absolute Gasteiger partial charge is 0.251 e. The number of sulfone groups is 1. The first kappa shape index (κ1) is 20.4. The number of hydrogen-bond acceptors (Lipinski definition) is 4. The van der Waals surface area contributed by atoms with Gasteiger partial charge in [0.15, 0.2) is 9.84 Å². The third-order valence-corrected chi connectivity index (χ3v) is 6.37. The Kier molecular flexibility index (Phi) is 6.39. The Morgan fingerprint density at radius 2 is 1.81 bits per heavy atom. The fraction of sp³-hybridized carbons (Fsp3) is 0.278. The summed E-state index contributed by atoms with van der Waals surface area (Å²) in [4.78, 5) is 12.5. The fourth-order valence-electron chi connectivity index (χ4n) is 2.32. The van der Waals surface area contributed by atoms with Crippen LogP contribution in [0.4, 0.5) is 4.39 Å². The third-order valence-electron chi connectivity index (χ3n) is 3.91. The maximum absolute atomic E-state index is 14.1. The molecule has 0 heterocycles. The van der Waals surface area contributed by atoms with Crippen LogP contribution in [0.5, 0.6) is 0 Å². The molecule has 0 aromatic heterocycles. The van der Waals surface area contributed by atoms with Crippen molar-refractivity contribution in [1.29, 1.82) is 0 Å². The molecule has 5 nitrogen and oxygen atoms in total. The lowest BCUT2D eigenvalue weighted by Crippen LogP contribution is -2.31. The van der Waals surface area contributed by atoms with E-state index in [2.05, 4.69) is 5.32 Å². The number of hydrogen-bond donors (Lipinski definition) is 2. The Bertz CT molecular complexity index is 898. The minimum Gasteiger partial charge on any atom is -0.394 e. The number of halogens is 2. The van der Waals surface area contributed by atoms with Crippen LogP contribution in [0, 0.1) is 5.82 Å². The lowest BCUT2D eigenvalue weighted by molar-refractivity contribution is 0.0915. The van der Waals surface area contributed by atoms with Crippen LogP contribution in [0.1, 0.15) is 35.8 Å². The van der Waals surface area contributed by atoms with Gasteiger partial charge in [0.2, 0.25) is 0 Å². The molecule has 2 rings (SSSR count). The molecule has 140 valence electrons. The molecule has 0 spiro atoms. The summed E-state index contributed by atoms with van der Waals surface area (Å²) >= 11 is 5.73. The lowest BCUT2D eigenvalue weighted by atomic mass is 10.1. The number of carbonyl (C=O) groups is 1. The maximum Gasteiger partial charge on any atom is 0.251 e. The molecule has 26 heavy (non-hydrogen) atoms. The Hall–Kier alpha value is -1.96. The second-order valence-electron chi connectivity index (χ2n) is 5.97. The molecule has 0 saturated carbocycles. The van der Waals surface area contributed by atoms with Crippen molar-refractivity contribution >= 4 is 27.3 Å². The number of carbonyl (C=O) groups excluding carboxylic acids is 1. The molecule has 1 amide bonds. The molecule has 8 heteroatoms. The van der Waals surface area contributed by atoms with Gasteiger partial charge in [0, 0.05) is 11.1 Å². The summed E-state index contributed by atoms with van der Waals surface area (Å²) in [5.41, 5.74) is 0.251. The number of nitrogens with one attached hydrogen (secondary N) is 1. The van der Waals surface area contributed by atoms with Gasteiger partial charge in [-0.1, -0.05) is 23.7 Å². The monoisotopic (exact) mass is 399 g/mol. The average Bonchev–Trinajstić information content (AvgIpc) is 2.62. The Labute approximate surface area is 156 Å². The topological polar surface area (TPSA) is 83.5 Å². The molecule has 0 unspecified atom stereocenters. The first-order chi connectivity index (χ1) is 12.2. The van der Waals surface area contributed by atoms with Crippen LogP contribution < -0.4 is 5.32 Å². The Morgan fingerprint density at radius 1 is 1.19 bits per heavy atom. The van der Waals surface area contributed by atoms with E-state index >= 15 is 0 Å². The second kappa shape index (κ2) is 8.16. The number of aliphatic hydroxyl groups excluding tert-OH is 1. The van der Waals surface area contributed by atoms with Gasteiger partial charge in [-0.05, 0) is 44.2 Å². The summed E-state index contributed by atoms with van der Waals surface area (Å²) in [5, 5.41) is 11.3. The van der Waals surface area contributed by atoms with E-state index < -0.39 is 39.5 Å². The minimum atomic E-state index is -3.44. The normalized spacial score (nSPS) is 12.8. The molecule has 0 aliphatic rings. The van der Waals surface area contributed by atoms with Crippen LogP contribution in [0.15, 0.2) is 47.4 Å². The first-order valence-corrected chi connectivity index (χ1v) is 9.80. The molecule has 0 saturated heterocycles. The maximum atomic E-state index is 14.1. The van der Waals surface area contributed by atoms with Gasteiger partial charge >= 0.3 is 0 Å². The van der Waals surface area contributed by atoms with Gasteiger partial charge in [-0.3, -0.25) is 4.79 Å². The van der Waals surface area contributed by atoms with Crippen LogP contribution in [0.2, 0.25) is 5.02 Å². The van der Waals surface area contributed by atoms with Crippen molar-refractivity contribution < 1.29 is 22.7 Å². The number of amides is 1. The van der Waals surface area contributed by atoms with Crippen molar-refractivity contribution in [2.45, 2.75) is 30.0 Å². The Morgan fingerprint density at radius 3 is 2.35 bits per heavy atom. The molecular formula is C18H19ClFNO4S. The van der Waals surface area contributed by atoms with Crippen molar-refractivity contribution in [3.63, 3.8) is 0 Å². The van der Waals surface area contributed by atoms with Crippen LogP contribution in [-0.2, 0) is 9.84 Å². The molecule has 0 aliphatic carbocycles. The van der Waals surface area contributed by atoms with Gasteiger partial charge in [0.25, 0.3) is 5.91 Å². The molecular weight excluding hydrogens is 381 g/mol. The van der Waals surface area contributed by atoms with Gasteiger partial charge in [-0.2, -0.15) is 0 Å². The van der Waals surface area contributed by atoms with Crippen molar-refractivity contribution in [2.75, 3.05) is 6.61 Å². The van der Waals surface area contributed by atoms with E-state index in [-0.39, 0.29) is 21.0 Å². The van der Waals surface area contributed by atoms with Gasteiger partial charge in [-0.25, -0.2) is 12.8 Å². The summed E-state index contributed by atoms with van der Waals surface area (Å²) in [6, 6.07) is 8.74. The zero-order valence-electron chi connectivity index (χ0n) is 14.2. The predicted molar refractivity (Wildman–Crippen MR) is 97.5 cm³/mol. The van der Waals surface area contributed by atoms with Crippen LogP contribution >= 0.6 is 11.6 Å². The molecule has 2 N–H and O–H groups in total. The van der Waals surface area contributed by atoms with E-state index in [1.54, 1.807) is 13.8 Å². The average molecular weight is 400 g/mol. The third kappa shape index (κ3) is 4.23. The second-order valence-corrected chi connectivity index (χ2v) is 8.88. The quantitative estimate of drug-likeness (QED) is 0.781. The zero-order chi connectivity index (χ0) is 19.5. The Balaban J connectivity index is 2.22. The van der Waals surface area contributed by atoms with E-state index in [0.717, 1.165) is 0 Å². The molecule has 0 bridgehead atoms. The van der Waals surface area contributed by atoms with Gasteiger partial charge in [0.1, 0.15) is 5.82 Å². The molecule has 0 radical (unpaired) electrons. The summed E-state index contributed by atoms with van der Waals surface area (Å²) in [6.45, 7) is 2.62. The molecule has 0 aliphatic heterocycles. The van der Waals surface area contributed by atoms with Crippen molar-refractivity contribution in [3.8, 4) is 0 Å². The first-order valence-electron chi connectivity index (χ1n) is 7.88. The highest BCUT2D eigenvalue weighted by Gasteiger charge is 2.22. The highest BCUT2D eigenvalue weighted by atomic mass is 35.5. The van der Waals surface area contributed by atoms with Crippen LogP contribution in [0.25, 0.3) is 0 Å². The summed E-state index contributed by atoms with van der Waals surface area (Å²) in [6.07, 6.45) is 0.